The Hall–Kier alpha value is -3.04. The van der Waals surface area contributed by atoms with Crippen LogP contribution in [0, 0.1) is 0 Å². The Morgan fingerprint density at radius 2 is 1.14 bits per heavy atom. The largest absolute Gasteiger partial charge is 0.480 e. The zero-order valence-corrected chi connectivity index (χ0v) is 21.3. The molecule has 0 aromatic heterocycles. The van der Waals surface area contributed by atoms with Gasteiger partial charge in [0.25, 0.3) is 0 Å². The number of nitrogens with zero attached hydrogens (tertiary/aromatic N) is 5. The molecule has 0 aliphatic carbocycles. The molecule has 1 unspecified atom stereocenters. The second-order valence-electron chi connectivity index (χ2n) is 8.95. The van der Waals surface area contributed by atoms with Gasteiger partial charge in [-0.1, -0.05) is 12.1 Å². The van der Waals surface area contributed by atoms with Crippen molar-refractivity contribution in [3.63, 3.8) is 0 Å². The van der Waals surface area contributed by atoms with Gasteiger partial charge in [0.1, 0.15) is 0 Å². The van der Waals surface area contributed by atoms with Crippen molar-refractivity contribution >= 4 is 42.0 Å². The van der Waals surface area contributed by atoms with E-state index in [0.29, 0.717) is 12.1 Å². The van der Waals surface area contributed by atoms with Crippen LogP contribution in [0.5, 0.6) is 0 Å². The maximum absolute atomic E-state index is 11.7. The molecule has 1 atom stereocenters. The summed E-state index contributed by atoms with van der Waals surface area (Å²) in [6, 6.07) is 6.72. The first-order valence-electron chi connectivity index (χ1n) is 11.8. The van der Waals surface area contributed by atoms with Gasteiger partial charge in [-0.05, 0) is 24.1 Å². The van der Waals surface area contributed by atoms with Crippen LogP contribution in [0.1, 0.15) is 5.56 Å². The maximum atomic E-state index is 11.7. The fourth-order valence-electron chi connectivity index (χ4n) is 4.32. The van der Waals surface area contributed by atoms with Gasteiger partial charge in [-0.15, -0.1) is 0 Å². The fourth-order valence-corrected chi connectivity index (χ4v) is 4.44. The number of carboxylic acid groups (broad SMARTS) is 4. The molecule has 0 bridgehead atoms. The third-order valence-electron chi connectivity index (χ3n) is 6.08. The predicted octanol–water partition coefficient (Wildman–Crippen LogP) is -0.480. The van der Waals surface area contributed by atoms with Crippen LogP contribution in [0.2, 0.25) is 0 Å². The van der Waals surface area contributed by atoms with Crippen molar-refractivity contribution in [2.75, 3.05) is 72.0 Å². The Kier molecular flexibility index (Phi) is 12.5. The van der Waals surface area contributed by atoms with Crippen LogP contribution >= 0.6 is 0 Å². The summed E-state index contributed by atoms with van der Waals surface area (Å²) in [6.07, 6.45) is 0.402. The first kappa shape index (κ1) is 30.2. The molecular formula is C23H33N5O8S. The highest BCUT2D eigenvalue weighted by Gasteiger charge is 2.27. The number of rotatable bonds is 11. The van der Waals surface area contributed by atoms with Gasteiger partial charge in [0.15, 0.2) is 0 Å². The van der Waals surface area contributed by atoms with Gasteiger partial charge in [-0.3, -0.25) is 38.8 Å². The molecule has 13 nitrogen and oxygen atoms in total. The summed E-state index contributed by atoms with van der Waals surface area (Å²) in [7, 11) is 0. The average Bonchev–Trinajstić information content (AvgIpc) is 2.81. The molecule has 0 spiro atoms. The summed E-state index contributed by atoms with van der Waals surface area (Å²) in [4.78, 5) is 52.9. The summed E-state index contributed by atoms with van der Waals surface area (Å²) in [6.45, 7) is 0.554. The van der Waals surface area contributed by atoms with Crippen molar-refractivity contribution in [3.8, 4) is 0 Å². The van der Waals surface area contributed by atoms with E-state index in [4.69, 9.17) is 12.4 Å². The molecule has 14 heteroatoms. The van der Waals surface area contributed by atoms with Crippen molar-refractivity contribution in [3.05, 3.63) is 29.8 Å². The van der Waals surface area contributed by atoms with E-state index in [0.717, 1.165) is 5.56 Å². The van der Waals surface area contributed by atoms with Gasteiger partial charge in [0, 0.05) is 64.3 Å². The van der Waals surface area contributed by atoms with Gasteiger partial charge in [-0.25, -0.2) is 0 Å². The number of benzene rings is 1. The minimum atomic E-state index is -1.06. The fraction of sp³-hybridized carbons (Fsp3) is 0.565. The van der Waals surface area contributed by atoms with Crippen molar-refractivity contribution < 1.29 is 39.6 Å². The van der Waals surface area contributed by atoms with Crippen LogP contribution in [0.25, 0.3) is 0 Å². The Morgan fingerprint density at radius 1 is 0.703 bits per heavy atom. The third kappa shape index (κ3) is 11.7. The van der Waals surface area contributed by atoms with E-state index in [2.05, 4.69) is 4.36 Å². The highest BCUT2D eigenvalue weighted by atomic mass is 32.1. The van der Waals surface area contributed by atoms with Crippen LogP contribution in [-0.4, -0.2) is 142 Å². The number of carboxylic acids is 4. The highest BCUT2D eigenvalue weighted by molar-refractivity contribution is 7.47. The molecular weight excluding hydrogens is 506 g/mol. The first-order valence-corrected chi connectivity index (χ1v) is 12.1. The predicted molar refractivity (Wildman–Crippen MR) is 135 cm³/mol. The lowest BCUT2D eigenvalue weighted by atomic mass is 10.0. The van der Waals surface area contributed by atoms with E-state index in [9.17, 15) is 39.6 Å². The molecule has 1 aromatic rings. The third-order valence-corrected chi connectivity index (χ3v) is 6.29. The Labute approximate surface area is 220 Å². The van der Waals surface area contributed by atoms with Crippen LogP contribution in [0.3, 0.4) is 0 Å². The standard InChI is InChI=1S/C23H33N5O8S/c29-20(30)13-25-5-6-26(14-21(31)32)9-10-28(16-23(35)36)19(12-27(8-7-25)15-22(33)34)11-17-1-3-18(24-37)4-2-17/h1-4,19H,5-16H2,(H,29,30)(H,31,32)(H,33,34)(H,35,36). The molecule has 0 radical (unpaired) electrons. The van der Waals surface area contributed by atoms with Crippen molar-refractivity contribution in [2.24, 2.45) is 4.36 Å². The van der Waals surface area contributed by atoms with Gasteiger partial charge in [-0.2, -0.15) is 4.36 Å². The molecule has 4 N–H and O–H groups in total. The molecule has 1 aliphatic rings. The van der Waals surface area contributed by atoms with Crippen LogP contribution in [0.4, 0.5) is 5.69 Å². The zero-order chi connectivity index (χ0) is 27.4. The van der Waals surface area contributed by atoms with Crippen molar-refractivity contribution in [2.45, 2.75) is 12.5 Å². The quantitative estimate of drug-likeness (QED) is 0.284. The molecule has 1 fully saturated rings. The van der Waals surface area contributed by atoms with E-state index in [1.165, 1.54) is 0 Å². The summed E-state index contributed by atoms with van der Waals surface area (Å²) >= 11 is 4.71. The Morgan fingerprint density at radius 3 is 1.59 bits per heavy atom. The Bertz CT molecular complexity index is 948. The minimum Gasteiger partial charge on any atom is -0.480 e. The van der Waals surface area contributed by atoms with Gasteiger partial charge >= 0.3 is 23.9 Å². The molecule has 204 valence electrons. The van der Waals surface area contributed by atoms with Crippen molar-refractivity contribution in [1.82, 2.24) is 19.6 Å². The molecule has 1 heterocycles. The number of aliphatic carboxylic acids is 4. The number of carbonyl (C=O) groups is 4. The summed E-state index contributed by atoms with van der Waals surface area (Å²) in [5, 5.41) is 37.8. The number of hydrogen-bond donors (Lipinski definition) is 4. The first-order chi connectivity index (χ1) is 17.5. The van der Waals surface area contributed by atoms with Crippen LogP contribution < -0.4 is 0 Å². The molecule has 0 amide bonds. The lowest BCUT2D eigenvalue weighted by Crippen LogP contribution is -2.53. The number of hydrogen-bond acceptors (Lipinski definition) is 10. The second-order valence-corrected chi connectivity index (χ2v) is 9.13. The second kappa shape index (κ2) is 15.3. The van der Waals surface area contributed by atoms with Crippen LogP contribution in [-0.2, 0) is 38.0 Å². The van der Waals surface area contributed by atoms with E-state index in [1.54, 1.807) is 31.7 Å². The maximum Gasteiger partial charge on any atom is 0.317 e. The molecule has 1 saturated heterocycles. The normalized spacial score (nSPS) is 19.4. The zero-order valence-electron chi connectivity index (χ0n) is 20.4. The van der Waals surface area contributed by atoms with E-state index in [1.807, 2.05) is 12.1 Å². The monoisotopic (exact) mass is 539 g/mol. The Balaban J connectivity index is 2.40. The van der Waals surface area contributed by atoms with Gasteiger partial charge < -0.3 is 20.4 Å². The van der Waals surface area contributed by atoms with Gasteiger partial charge in [0.2, 0.25) is 0 Å². The summed E-state index contributed by atoms with van der Waals surface area (Å²) < 4.78 is 3.71. The summed E-state index contributed by atoms with van der Waals surface area (Å²) in [5.41, 5.74) is 1.48. The van der Waals surface area contributed by atoms with E-state index in [-0.39, 0.29) is 72.0 Å². The lowest BCUT2D eigenvalue weighted by molar-refractivity contribution is -0.142. The van der Waals surface area contributed by atoms with E-state index >= 15 is 0 Å². The average molecular weight is 540 g/mol. The van der Waals surface area contributed by atoms with Crippen molar-refractivity contribution in [1.29, 1.82) is 0 Å². The van der Waals surface area contributed by atoms with Gasteiger partial charge in [0.05, 0.1) is 31.9 Å². The molecule has 2 rings (SSSR count). The molecule has 37 heavy (non-hydrogen) atoms. The summed E-state index contributed by atoms with van der Waals surface area (Å²) in [5.74, 6) is -4.19. The SMILES string of the molecule is O=C(O)CN1CCN(CC(=O)O)CCN(CC(=O)O)C(Cc2ccc(N=S)cc2)CN(CC(=O)O)CC1. The molecule has 0 saturated carbocycles. The molecule has 1 aromatic carbocycles. The highest BCUT2D eigenvalue weighted by Crippen LogP contribution is 2.17. The lowest BCUT2D eigenvalue weighted by Gasteiger charge is -2.37. The minimum absolute atomic E-state index is 0.215. The van der Waals surface area contributed by atoms with E-state index < -0.39 is 29.9 Å². The topological polar surface area (TPSA) is 175 Å². The van der Waals surface area contributed by atoms with Crippen LogP contribution in [0.15, 0.2) is 28.6 Å². The smallest absolute Gasteiger partial charge is 0.317 e. The molecule has 1 aliphatic heterocycles.